The number of hydrogen-bond acceptors (Lipinski definition) is 3. The molecule has 2 rings (SSSR count). The van der Waals surface area contributed by atoms with Crippen LogP contribution in [0.2, 0.25) is 0 Å². The zero-order valence-corrected chi connectivity index (χ0v) is 16.0. The number of nitrogens with zero attached hydrogens (tertiary/aromatic N) is 1. The fourth-order valence-electron chi connectivity index (χ4n) is 3.32. The summed E-state index contributed by atoms with van der Waals surface area (Å²) in [6, 6.07) is 4.17. The quantitative estimate of drug-likeness (QED) is 0.905. The normalized spacial score (nSPS) is 20.6. The fourth-order valence-corrected chi connectivity index (χ4v) is 4.23. The van der Waals surface area contributed by atoms with E-state index in [2.05, 4.69) is 38.2 Å². The van der Waals surface area contributed by atoms with Gasteiger partial charge in [0.25, 0.3) is 0 Å². The molecule has 1 amide bonds. The molecular weight excluding hydrogens is 324 g/mol. The number of aryl methyl sites for hydroxylation is 3. The largest absolute Gasteiger partial charge is 0.349 e. The van der Waals surface area contributed by atoms with Gasteiger partial charge in [-0.3, -0.25) is 4.79 Å². The topological polar surface area (TPSA) is 66.5 Å². The summed E-state index contributed by atoms with van der Waals surface area (Å²) >= 11 is 0. The molecule has 1 aromatic carbocycles. The summed E-state index contributed by atoms with van der Waals surface area (Å²) < 4.78 is 24.8. The smallest absolute Gasteiger partial charge is 0.224 e. The molecule has 5 nitrogen and oxygen atoms in total. The van der Waals surface area contributed by atoms with Crippen LogP contribution in [0.4, 0.5) is 0 Å². The number of benzene rings is 1. The molecule has 24 heavy (non-hydrogen) atoms. The zero-order chi connectivity index (χ0) is 18.1. The van der Waals surface area contributed by atoms with Crippen LogP contribution in [0.5, 0.6) is 0 Å². The molecular formula is C18H28N2O3S. The molecule has 134 valence electrons. The summed E-state index contributed by atoms with van der Waals surface area (Å²) in [7, 11) is -3.24. The van der Waals surface area contributed by atoms with Crippen LogP contribution >= 0.6 is 0 Å². The Balaban J connectivity index is 2.08. The van der Waals surface area contributed by atoms with Crippen molar-refractivity contribution in [1.82, 2.24) is 9.62 Å². The van der Waals surface area contributed by atoms with E-state index in [9.17, 15) is 13.2 Å². The van der Waals surface area contributed by atoms with Gasteiger partial charge in [0.2, 0.25) is 15.9 Å². The second-order valence-corrected chi connectivity index (χ2v) is 8.97. The molecule has 0 saturated carbocycles. The van der Waals surface area contributed by atoms with E-state index in [4.69, 9.17) is 0 Å². The molecule has 0 radical (unpaired) electrons. The highest BCUT2D eigenvalue weighted by Gasteiger charge is 2.30. The van der Waals surface area contributed by atoms with Gasteiger partial charge in [-0.25, -0.2) is 12.7 Å². The highest BCUT2D eigenvalue weighted by Crippen LogP contribution is 2.24. The van der Waals surface area contributed by atoms with Gasteiger partial charge in [0.1, 0.15) is 0 Å². The Morgan fingerprint density at radius 2 is 1.83 bits per heavy atom. The Bertz CT molecular complexity index is 728. The van der Waals surface area contributed by atoms with Gasteiger partial charge in [-0.15, -0.1) is 0 Å². The van der Waals surface area contributed by atoms with Gasteiger partial charge in [-0.1, -0.05) is 12.1 Å². The van der Waals surface area contributed by atoms with Crippen LogP contribution < -0.4 is 5.32 Å². The van der Waals surface area contributed by atoms with Crippen molar-refractivity contribution in [2.75, 3.05) is 19.3 Å². The molecule has 1 aliphatic rings. The minimum absolute atomic E-state index is 0.0616. The van der Waals surface area contributed by atoms with E-state index in [-0.39, 0.29) is 24.4 Å². The number of rotatable bonds is 4. The van der Waals surface area contributed by atoms with Crippen molar-refractivity contribution in [2.24, 2.45) is 5.92 Å². The Hall–Kier alpha value is -1.40. The van der Waals surface area contributed by atoms with Gasteiger partial charge in [-0.05, 0) is 62.8 Å². The third kappa shape index (κ3) is 4.36. The van der Waals surface area contributed by atoms with Crippen molar-refractivity contribution in [3.8, 4) is 0 Å². The van der Waals surface area contributed by atoms with Gasteiger partial charge >= 0.3 is 0 Å². The van der Waals surface area contributed by atoms with Crippen LogP contribution in [0.1, 0.15) is 48.1 Å². The summed E-state index contributed by atoms with van der Waals surface area (Å²) in [5.41, 5.74) is 4.72. The van der Waals surface area contributed by atoms with E-state index in [0.29, 0.717) is 6.54 Å². The standard InChI is InChI=1S/C18H28N2O3S/c1-12-9-14(3)17(10-13(12)2)15(4)19-18(21)16-7-6-8-20(11-16)24(5,22)23/h9-10,15-16H,6-8,11H2,1-5H3,(H,19,21)/t15-,16+/m0/s1. The first kappa shape index (κ1) is 18.9. The van der Waals surface area contributed by atoms with Crippen molar-refractivity contribution in [3.63, 3.8) is 0 Å². The van der Waals surface area contributed by atoms with E-state index in [0.717, 1.165) is 24.0 Å². The van der Waals surface area contributed by atoms with E-state index in [1.165, 1.54) is 21.7 Å². The van der Waals surface area contributed by atoms with Crippen LogP contribution in [0.15, 0.2) is 12.1 Å². The van der Waals surface area contributed by atoms with Crippen LogP contribution in [-0.2, 0) is 14.8 Å². The third-order valence-electron chi connectivity index (χ3n) is 4.93. The minimum atomic E-state index is -3.24. The summed E-state index contributed by atoms with van der Waals surface area (Å²) in [6.07, 6.45) is 2.66. The zero-order valence-electron chi connectivity index (χ0n) is 15.2. The molecule has 0 bridgehead atoms. The van der Waals surface area contributed by atoms with Crippen LogP contribution in [0.25, 0.3) is 0 Å². The highest BCUT2D eigenvalue weighted by atomic mass is 32.2. The van der Waals surface area contributed by atoms with Crippen LogP contribution in [-0.4, -0.2) is 38.0 Å². The van der Waals surface area contributed by atoms with Crippen molar-refractivity contribution >= 4 is 15.9 Å². The van der Waals surface area contributed by atoms with Gasteiger partial charge in [0.15, 0.2) is 0 Å². The Labute approximate surface area is 145 Å². The molecule has 2 atom stereocenters. The molecule has 1 aromatic rings. The molecule has 1 saturated heterocycles. The summed E-state index contributed by atoms with van der Waals surface area (Å²) in [6.45, 7) is 8.97. The average molecular weight is 353 g/mol. The van der Waals surface area contributed by atoms with Crippen molar-refractivity contribution in [3.05, 3.63) is 34.4 Å². The maximum absolute atomic E-state index is 12.6. The second kappa shape index (κ2) is 7.23. The molecule has 1 fully saturated rings. The molecule has 1 aliphatic heterocycles. The number of amides is 1. The predicted molar refractivity (Wildman–Crippen MR) is 96.4 cm³/mol. The third-order valence-corrected chi connectivity index (χ3v) is 6.20. The lowest BCUT2D eigenvalue weighted by Crippen LogP contribution is -2.45. The Morgan fingerprint density at radius 1 is 1.21 bits per heavy atom. The number of hydrogen-bond donors (Lipinski definition) is 1. The highest BCUT2D eigenvalue weighted by molar-refractivity contribution is 7.88. The molecule has 1 heterocycles. The number of piperidine rings is 1. The molecule has 0 aliphatic carbocycles. The first-order valence-corrected chi connectivity index (χ1v) is 10.3. The monoisotopic (exact) mass is 352 g/mol. The van der Waals surface area contributed by atoms with E-state index in [1.807, 2.05) is 6.92 Å². The summed E-state index contributed by atoms with van der Waals surface area (Å²) in [5, 5.41) is 3.06. The number of sulfonamides is 1. The first-order chi connectivity index (χ1) is 11.1. The number of carbonyl (C=O) groups excluding carboxylic acids is 1. The Kier molecular flexibility index (Phi) is 5.71. The fraction of sp³-hybridized carbons (Fsp3) is 0.611. The van der Waals surface area contributed by atoms with Crippen molar-refractivity contribution in [2.45, 2.75) is 46.6 Å². The predicted octanol–water partition coefficient (Wildman–Crippen LogP) is 2.46. The SMILES string of the molecule is Cc1cc(C)c([C@H](C)NC(=O)[C@@H]2CCCN(S(C)(=O)=O)C2)cc1C. The lowest BCUT2D eigenvalue weighted by Gasteiger charge is -2.31. The molecule has 0 spiro atoms. The maximum Gasteiger partial charge on any atom is 0.224 e. The molecule has 0 unspecified atom stereocenters. The summed E-state index contributed by atoms with van der Waals surface area (Å²) in [4.78, 5) is 12.6. The molecule has 6 heteroatoms. The minimum Gasteiger partial charge on any atom is -0.349 e. The number of nitrogens with one attached hydrogen (secondary N) is 1. The average Bonchev–Trinajstić information content (AvgIpc) is 2.50. The molecule has 0 aromatic heterocycles. The lowest BCUT2D eigenvalue weighted by atomic mass is 9.95. The number of carbonyl (C=O) groups is 1. The Morgan fingerprint density at radius 3 is 2.46 bits per heavy atom. The maximum atomic E-state index is 12.6. The summed E-state index contributed by atoms with van der Waals surface area (Å²) in [5.74, 6) is -0.337. The van der Waals surface area contributed by atoms with Gasteiger partial charge < -0.3 is 5.32 Å². The van der Waals surface area contributed by atoms with Crippen molar-refractivity contribution < 1.29 is 13.2 Å². The van der Waals surface area contributed by atoms with Gasteiger partial charge in [0.05, 0.1) is 18.2 Å². The lowest BCUT2D eigenvalue weighted by molar-refractivity contribution is -0.126. The van der Waals surface area contributed by atoms with Crippen LogP contribution in [0, 0.1) is 26.7 Å². The van der Waals surface area contributed by atoms with E-state index >= 15 is 0 Å². The van der Waals surface area contributed by atoms with Gasteiger partial charge in [0, 0.05) is 13.1 Å². The van der Waals surface area contributed by atoms with Gasteiger partial charge in [-0.2, -0.15) is 0 Å². The van der Waals surface area contributed by atoms with E-state index in [1.54, 1.807) is 0 Å². The molecule has 1 N–H and O–H groups in total. The van der Waals surface area contributed by atoms with Crippen LogP contribution in [0.3, 0.4) is 0 Å². The van der Waals surface area contributed by atoms with E-state index < -0.39 is 10.0 Å². The second-order valence-electron chi connectivity index (χ2n) is 6.98. The van der Waals surface area contributed by atoms with Crippen molar-refractivity contribution in [1.29, 1.82) is 0 Å². The first-order valence-electron chi connectivity index (χ1n) is 8.43.